The third kappa shape index (κ3) is 5.12. The number of amides is 2. The van der Waals surface area contributed by atoms with Crippen molar-refractivity contribution in [1.82, 2.24) is 10.3 Å². The summed E-state index contributed by atoms with van der Waals surface area (Å²) < 4.78 is 2.12. The van der Waals surface area contributed by atoms with Crippen LogP contribution >= 0.6 is 31.9 Å². The van der Waals surface area contributed by atoms with Crippen LogP contribution in [0.15, 0.2) is 68.2 Å². The molecule has 0 unspecified atom stereocenters. The minimum atomic E-state index is -0.0645. The molecule has 5 rings (SSSR count). The Labute approximate surface area is 212 Å². The summed E-state index contributed by atoms with van der Waals surface area (Å²) in [5, 5.41) is 10.0. The van der Waals surface area contributed by atoms with Crippen molar-refractivity contribution in [3.05, 3.63) is 74.2 Å². The van der Waals surface area contributed by atoms with Crippen molar-refractivity contribution in [2.75, 3.05) is 0 Å². The Morgan fingerprint density at radius 2 is 1.58 bits per heavy atom. The van der Waals surface area contributed by atoms with E-state index in [1.807, 2.05) is 0 Å². The number of rotatable bonds is 3. The third-order valence-electron chi connectivity index (χ3n) is 7.06. The molecule has 0 saturated heterocycles. The second-order valence-corrected chi connectivity index (χ2v) is 11.2. The number of carbonyl (C=O) groups is 1. The molecule has 3 aliphatic rings. The summed E-state index contributed by atoms with van der Waals surface area (Å²) in [7, 11) is 0. The molecule has 172 valence electrons. The number of allylic oxidation sites excluding steroid dienone is 1. The summed E-state index contributed by atoms with van der Waals surface area (Å²) in [6.45, 7) is 0. The first kappa shape index (κ1) is 22.9. The summed E-state index contributed by atoms with van der Waals surface area (Å²) in [5.41, 5.74) is 4.65. The second-order valence-electron chi connectivity index (χ2n) is 9.33. The summed E-state index contributed by atoms with van der Waals surface area (Å²) in [4.78, 5) is 13.5. The maximum atomic E-state index is 13.5. The maximum absolute atomic E-state index is 13.5. The number of hydrazone groups is 1. The molecule has 2 aliphatic carbocycles. The summed E-state index contributed by atoms with van der Waals surface area (Å²) >= 11 is 7.07. The Kier molecular flexibility index (Phi) is 7.02. The van der Waals surface area contributed by atoms with Crippen molar-refractivity contribution in [3.63, 3.8) is 0 Å². The smallest absolute Gasteiger partial charge is 0.334 e. The first-order valence-electron chi connectivity index (χ1n) is 12.0. The van der Waals surface area contributed by atoms with E-state index in [2.05, 4.69) is 91.8 Å². The first-order valence-corrected chi connectivity index (χ1v) is 13.6. The van der Waals surface area contributed by atoms with Crippen molar-refractivity contribution < 1.29 is 4.79 Å². The van der Waals surface area contributed by atoms with Gasteiger partial charge < -0.3 is 5.32 Å². The van der Waals surface area contributed by atoms with Gasteiger partial charge >= 0.3 is 6.03 Å². The Balaban J connectivity index is 1.48. The molecule has 4 nitrogen and oxygen atoms in total. The van der Waals surface area contributed by atoms with E-state index in [0.717, 1.165) is 52.3 Å². The minimum Gasteiger partial charge on any atom is -0.334 e. The monoisotopic (exact) mass is 569 g/mol. The molecule has 2 saturated carbocycles. The van der Waals surface area contributed by atoms with Gasteiger partial charge in [0.15, 0.2) is 0 Å². The van der Waals surface area contributed by atoms with E-state index in [1.54, 1.807) is 5.01 Å². The van der Waals surface area contributed by atoms with Gasteiger partial charge in [-0.25, -0.2) is 9.80 Å². The van der Waals surface area contributed by atoms with Gasteiger partial charge in [-0.15, -0.1) is 0 Å². The molecule has 2 fully saturated rings. The molecule has 6 heteroatoms. The second kappa shape index (κ2) is 10.1. The highest BCUT2D eigenvalue weighted by Crippen LogP contribution is 2.44. The number of nitrogens with one attached hydrogen (secondary N) is 1. The van der Waals surface area contributed by atoms with Gasteiger partial charge in [0.25, 0.3) is 0 Å². The molecule has 0 spiro atoms. The number of hydrogen-bond donors (Lipinski definition) is 1. The Morgan fingerprint density at radius 1 is 0.909 bits per heavy atom. The Bertz CT molecular complexity index is 1060. The fraction of sp³-hybridized carbons (Fsp3) is 0.407. The lowest BCUT2D eigenvalue weighted by atomic mass is 9.77. The number of fused-ring (bicyclic) bond motifs is 1. The molecule has 2 aromatic rings. The molecular weight excluding hydrogens is 542 g/mol. The summed E-state index contributed by atoms with van der Waals surface area (Å²) in [6, 6.07) is 16.9. The summed E-state index contributed by atoms with van der Waals surface area (Å²) in [6.07, 6.45) is 11.2. The molecule has 0 aromatic heterocycles. The molecule has 2 amide bonds. The van der Waals surface area contributed by atoms with Crippen molar-refractivity contribution in [2.24, 2.45) is 11.0 Å². The van der Waals surface area contributed by atoms with Gasteiger partial charge in [-0.05, 0) is 79.1 Å². The minimum absolute atomic E-state index is 0.0558. The number of carbonyl (C=O) groups excluding carboxylic acids is 1. The van der Waals surface area contributed by atoms with Crippen LogP contribution in [0, 0.1) is 5.92 Å². The average Bonchev–Trinajstić information content (AvgIpc) is 3.23. The zero-order valence-electron chi connectivity index (χ0n) is 18.6. The molecule has 0 radical (unpaired) electrons. The van der Waals surface area contributed by atoms with Crippen molar-refractivity contribution in [1.29, 1.82) is 0 Å². The standard InChI is InChI=1S/C27H29Br2N3O/c28-21-13-9-18(10-14-21)17-20-5-4-8-24-25(20)31-32(26(24)19-11-15-22(29)16-12-19)27(33)30-23-6-2-1-3-7-23/h9-17,23-24,26H,1-8H2,(H,30,33)/b20-17-/t24-,26-/m0/s1. The predicted octanol–water partition coefficient (Wildman–Crippen LogP) is 7.85. The Hall–Kier alpha value is -1.92. The van der Waals surface area contributed by atoms with Gasteiger partial charge in [0.05, 0.1) is 11.8 Å². The van der Waals surface area contributed by atoms with Crippen molar-refractivity contribution in [3.8, 4) is 0 Å². The van der Waals surface area contributed by atoms with E-state index in [0.29, 0.717) is 0 Å². The first-order chi connectivity index (χ1) is 16.1. The van der Waals surface area contributed by atoms with E-state index >= 15 is 0 Å². The highest BCUT2D eigenvalue weighted by molar-refractivity contribution is 9.10. The van der Waals surface area contributed by atoms with E-state index in [4.69, 9.17) is 5.10 Å². The molecule has 1 aliphatic heterocycles. The zero-order valence-corrected chi connectivity index (χ0v) is 21.8. The largest absolute Gasteiger partial charge is 0.338 e. The number of benzene rings is 2. The van der Waals surface area contributed by atoms with Gasteiger partial charge in [-0.2, -0.15) is 5.10 Å². The van der Waals surface area contributed by atoms with Gasteiger partial charge in [-0.1, -0.05) is 75.4 Å². The topological polar surface area (TPSA) is 44.7 Å². The van der Waals surface area contributed by atoms with Crippen LogP contribution in [0.4, 0.5) is 4.79 Å². The van der Waals surface area contributed by atoms with Crippen LogP contribution in [0.3, 0.4) is 0 Å². The maximum Gasteiger partial charge on any atom is 0.338 e. The lowest BCUT2D eigenvalue weighted by molar-refractivity contribution is 0.167. The normalized spacial score (nSPS) is 24.5. The van der Waals surface area contributed by atoms with Crippen molar-refractivity contribution in [2.45, 2.75) is 63.5 Å². The van der Waals surface area contributed by atoms with Crippen LogP contribution in [0.2, 0.25) is 0 Å². The van der Waals surface area contributed by atoms with E-state index < -0.39 is 0 Å². The van der Waals surface area contributed by atoms with Crippen LogP contribution in [0.25, 0.3) is 6.08 Å². The fourth-order valence-electron chi connectivity index (χ4n) is 5.41. The molecule has 1 heterocycles. The number of hydrogen-bond acceptors (Lipinski definition) is 2. The van der Waals surface area contributed by atoms with E-state index in [9.17, 15) is 4.79 Å². The zero-order chi connectivity index (χ0) is 22.8. The van der Waals surface area contributed by atoms with E-state index in [-0.39, 0.29) is 24.0 Å². The molecule has 0 bridgehead atoms. The quantitative estimate of drug-likeness (QED) is 0.401. The van der Waals surface area contributed by atoms with Crippen molar-refractivity contribution >= 4 is 49.7 Å². The molecular formula is C27H29Br2N3O. The van der Waals surface area contributed by atoms with Crippen LogP contribution in [0.1, 0.15) is 68.5 Å². The SMILES string of the molecule is O=C(NC1CCCCC1)N1N=C2/C(=C\c3ccc(Br)cc3)CCC[C@@H]2[C@@H]1c1ccc(Br)cc1. The lowest BCUT2D eigenvalue weighted by Crippen LogP contribution is -2.44. The van der Waals surface area contributed by atoms with Crippen LogP contribution in [-0.4, -0.2) is 22.8 Å². The summed E-state index contributed by atoms with van der Waals surface area (Å²) in [5.74, 6) is 0.221. The van der Waals surface area contributed by atoms with Gasteiger partial charge in [0.2, 0.25) is 0 Å². The van der Waals surface area contributed by atoms with Gasteiger partial charge in [0.1, 0.15) is 0 Å². The fourth-order valence-corrected chi connectivity index (χ4v) is 5.94. The van der Waals surface area contributed by atoms with Crippen LogP contribution in [-0.2, 0) is 0 Å². The molecule has 2 atom stereocenters. The number of nitrogens with zero attached hydrogens (tertiary/aromatic N) is 2. The van der Waals surface area contributed by atoms with Gasteiger partial charge in [-0.3, -0.25) is 0 Å². The average molecular weight is 571 g/mol. The van der Waals surface area contributed by atoms with Crippen LogP contribution < -0.4 is 5.32 Å². The highest BCUT2D eigenvalue weighted by Gasteiger charge is 2.44. The Morgan fingerprint density at radius 3 is 2.27 bits per heavy atom. The third-order valence-corrected chi connectivity index (χ3v) is 8.12. The molecule has 1 N–H and O–H groups in total. The number of urea groups is 1. The number of halogens is 2. The van der Waals surface area contributed by atoms with Crippen LogP contribution in [0.5, 0.6) is 0 Å². The lowest BCUT2D eigenvalue weighted by Gasteiger charge is -2.31. The predicted molar refractivity (Wildman–Crippen MR) is 141 cm³/mol. The highest BCUT2D eigenvalue weighted by atomic mass is 79.9. The van der Waals surface area contributed by atoms with E-state index in [1.165, 1.54) is 30.4 Å². The van der Waals surface area contributed by atoms with Gasteiger partial charge in [0, 0.05) is 20.9 Å². The molecule has 33 heavy (non-hydrogen) atoms. The molecule has 2 aromatic carbocycles.